The Morgan fingerprint density at radius 1 is 0.955 bits per heavy atom. The number of fused-ring (bicyclic) bond motifs is 1. The van der Waals surface area contributed by atoms with Crippen molar-refractivity contribution in [3.63, 3.8) is 0 Å². The number of carbonyl (C=O) groups excluding carboxylic acids is 1. The van der Waals surface area contributed by atoms with Crippen LogP contribution in [-0.2, 0) is 13.2 Å². The van der Waals surface area contributed by atoms with E-state index in [1.165, 1.54) is 24.9 Å². The Bertz CT molecular complexity index is 1530. The van der Waals surface area contributed by atoms with E-state index in [0.29, 0.717) is 30.2 Å². The minimum absolute atomic E-state index is 0.0235. The number of nitrogens with one attached hydrogen (secondary N) is 1. The molecule has 3 heterocycles. The number of amides is 2. The lowest BCUT2D eigenvalue weighted by Gasteiger charge is -2.61. The summed E-state index contributed by atoms with van der Waals surface area (Å²) < 4.78 is 0. The quantitative estimate of drug-likeness (QED) is 0.380. The van der Waals surface area contributed by atoms with Crippen LogP contribution in [0.5, 0.6) is 0 Å². The summed E-state index contributed by atoms with van der Waals surface area (Å²) in [6.07, 6.45) is 8.91. The highest BCUT2D eigenvalue weighted by Crippen LogP contribution is 2.59. The van der Waals surface area contributed by atoms with Crippen molar-refractivity contribution >= 4 is 34.9 Å². The van der Waals surface area contributed by atoms with Gasteiger partial charge in [-0.05, 0) is 100 Å². The minimum atomic E-state index is -0.225. The van der Waals surface area contributed by atoms with Crippen LogP contribution >= 0.6 is 0 Å². The Morgan fingerprint density at radius 3 is 2.30 bits per heavy atom. The number of aliphatic hydroxyl groups is 1. The topological polar surface area (TPSA) is 88.1 Å². The Kier molecular flexibility index (Phi) is 6.79. The molecule has 9 rings (SSSR count). The van der Waals surface area contributed by atoms with Gasteiger partial charge in [-0.25, -0.2) is 9.78 Å². The van der Waals surface area contributed by atoms with Gasteiger partial charge in [0.15, 0.2) is 0 Å². The molecule has 4 aliphatic carbocycles. The van der Waals surface area contributed by atoms with Crippen molar-refractivity contribution < 1.29 is 9.90 Å². The van der Waals surface area contributed by atoms with Crippen molar-refractivity contribution in [3.8, 4) is 0 Å². The first-order chi connectivity index (χ1) is 21.4. The van der Waals surface area contributed by atoms with Gasteiger partial charge >= 0.3 is 6.03 Å². The molecule has 4 bridgehead atoms. The molecule has 2 N–H and O–H groups in total. The highest BCUT2D eigenvalue weighted by Gasteiger charge is 2.57. The van der Waals surface area contributed by atoms with Gasteiger partial charge in [-0.1, -0.05) is 18.2 Å². The zero-order chi connectivity index (χ0) is 30.0. The molecule has 2 amide bonds. The van der Waals surface area contributed by atoms with Gasteiger partial charge in [-0.15, -0.1) is 0 Å². The zero-order valence-electron chi connectivity index (χ0n) is 25.9. The van der Waals surface area contributed by atoms with E-state index < -0.39 is 0 Å². The molecular formula is C35H43N7O2. The molecule has 0 atom stereocenters. The third-order valence-corrected chi connectivity index (χ3v) is 11.0. The number of urea groups is 1. The van der Waals surface area contributed by atoms with Crippen molar-refractivity contribution in [2.24, 2.45) is 17.8 Å². The number of hydrogen-bond acceptors (Lipinski definition) is 7. The van der Waals surface area contributed by atoms with Crippen LogP contribution in [0.4, 0.5) is 33.6 Å². The highest BCUT2D eigenvalue weighted by atomic mass is 16.3. The van der Waals surface area contributed by atoms with E-state index in [4.69, 9.17) is 9.97 Å². The largest absolute Gasteiger partial charge is 0.392 e. The van der Waals surface area contributed by atoms with Crippen molar-refractivity contribution in [3.05, 3.63) is 65.4 Å². The van der Waals surface area contributed by atoms with Crippen LogP contribution in [0.25, 0.3) is 0 Å². The molecule has 1 aromatic heterocycles. The van der Waals surface area contributed by atoms with Crippen molar-refractivity contribution in [1.29, 1.82) is 0 Å². The molecule has 3 aromatic rings. The van der Waals surface area contributed by atoms with Gasteiger partial charge in [0.1, 0.15) is 5.82 Å². The predicted molar refractivity (Wildman–Crippen MR) is 174 cm³/mol. The predicted octanol–water partition coefficient (Wildman–Crippen LogP) is 5.69. The van der Waals surface area contributed by atoms with Gasteiger partial charge in [0.25, 0.3) is 0 Å². The summed E-state index contributed by atoms with van der Waals surface area (Å²) in [5, 5.41) is 13.7. The van der Waals surface area contributed by atoms with E-state index in [9.17, 15) is 9.90 Å². The van der Waals surface area contributed by atoms with Crippen molar-refractivity contribution in [2.45, 2.75) is 64.1 Å². The lowest BCUT2D eigenvalue weighted by Crippen LogP contribution is -2.65. The second-order valence-electron chi connectivity index (χ2n) is 14.1. The van der Waals surface area contributed by atoms with Crippen LogP contribution in [0.3, 0.4) is 0 Å². The first-order valence-corrected chi connectivity index (χ1v) is 16.4. The number of aryl methyl sites for hydroxylation is 1. The SMILES string of the molecule is Cc1cccc(CO)c1N1Cc2cnc(Nc3ccc(N4CCN(C)CC4)cc3)nc2N(C23CC4CC(CC(C4)C2)C3)C1=O. The third-order valence-electron chi connectivity index (χ3n) is 11.0. The maximum Gasteiger partial charge on any atom is 0.331 e. The average Bonchev–Trinajstić information content (AvgIpc) is 3.01. The van der Waals surface area contributed by atoms with Crippen LogP contribution in [0.1, 0.15) is 55.2 Å². The number of piperazine rings is 1. The maximum atomic E-state index is 14.8. The Labute approximate surface area is 259 Å². The smallest absolute Gasteiger partial charge is 0.331 e. The maximum absolute atomic E-state index is 14.8. The first-order valence-electron chi connectivity index (χ1n) is 16.4. The number of rotatable bonds is 6. The molecule has 9 nitrogen and oxygen atoms in total. The Morgan fingerprint density at radius 2 is 1.64 bits per heavy atom. The van der Waals surface area contributed by atoms with E-state index in [1.807, 2.05) is 36.2 Å². The van der Waals surface area contributed by atoms with Crippen LogP contribution in [0.15, 0.2) is 48.7 Å². The second-order valence-corrected chi connectivity index (χ2v) is 14.1. The molecule has 6 aliphatic rings. The van der Waals surface area contributed by atoms with E-state index in [1.54, 1.807) is 0 Å². The molecule has 0 radical (unpaired) electrons. The van der Waals surface area contributed by atoms with Crippen LogP contribution < -0.4 is 20.0 Å². The van der Waals surface area contributed by atoms with Crippen LogP contribution in [0.2, 0.25) is 0 Å². The molecule has 4 saturated carbocycles. The summed E-state index contributed by atoms with van der Waals surface area (Å²) in [6.45, 7) is 6.50. The van der Waals surface area contributed by atoms with Crippen molar-refractivity contribution in [1.82, 2.24) is 14.9 Å². The molecule has 44 heavy (non-hydrogen) atoms. The van der Waals surface area contributed by atoms with Gasteiger partial charge in [0.05, 0.1) is 24.4 Å². The summed E-state index contributed by atoms with van der Waals surface area (Å²) >= 11 is 0. The monoisotopic (exact) mass is 593 g/mol. The van der Waals surface area contributed by atoms with Gasteiger partial charge in [-0.3, -0.25) is 9.80 Å². The van der Waals surface area contributed by atoms with Gasteiger partial charge in [0, 0.05) is 54.9 Å². The summed E-state index contributed by atoms with van der Waals surface area (Å²) in [4.78, 5) is 33.4. The second kappa shape index (κ2) is 10.7. The zero-order valence-corrected chi connectivity index (χ0v) is 25.9. The molecule has 2 aliphatic heterocycles. The fourth-order valence-corrected chi connectivity index (χ4v) is 9.34. The van der Waals surface area contributed by atoms with Crippen molar-refractivity contribution in [2.75, 3.05) is 53.2 Å². The van der Waals surface area contributed by atoms with Crippen LogP contribution in [-0.4, -0.2) is 64.8 Å². The molecule has 230 valence electrons. The molecule has 5 fully saturated rings. The number of carbonyl (C=O) groups is 1. The standard InChI is InChI=1S/C35H43N7O2/c1-23-4-3-5-27(22-43)31(23)41-21-28-20-36-33(37-29-6-8-30(9-7-29)40-12-10-39(2)11-13-40)38-32(28)42(34(41)44)35-17-24-14-25(18-35)16-26(15-24)19-35/h3-9,20,24-26,43H,10-19,21-22H2,1-2H3,(H,36,37,38). The van der Waals surface area contributed by atoms with Gasteiger partial charge in [-0.2, -0.15) is 4.98 Å². The van der Waals surface area contributed by atoms with E-state index in [-0.39, 0.29) is 18.2 Å². The number of nitrogens with zero attached hydrogens (tertiary/aromatic N) is 6. The Balaban J connectivity index is 1.14. The van der Waals surface area contributed by atoms with E-state index in [2.05, 4.69) is 51.3 Å². The minimum Gasteiger partial charge on any atom is -0.392 e. The number of para-hydroxylation sites is 1. The normalized spacial score (nSPS) is 28.0. The molecule has 1 saturated heterocycles. The molecule has 9 heteroatoms. The lowest BCUT2D eigenvalue weighted by atomic mass is 9.52. The molecule has 2 aromatic carbocycles. The van der Waals surface area contributed by atoms with Gasteiger partial charge < -0.3 is 20.2 Å². The summed E-state index contributed by atoms with van der Waals surface area (Å²) in [5.74, 6) is 3.30. The average molecular weight is 594 g/mol. The number of anilines is 5. The van der Waals surface area contributed by atoms with E-state index >= 15 is 0 Å². The fraction of sp³-hybridized carbons (Fsp3) is 0.514. The summed E-state index contributed by atoms with van der Waals surface area (Å²) in [7, 11) is 2.17. The number of likely N-dealkylation sites (N-methyl/N-ethyl adjacent to an activating group) is 1. The van der Waals surface area contributed by atoms with E-state index in [0.717, 1.165) is 79.3 Å². The molecule has 0 unspecified atom stereocenters. The third kappa shape index (κ3) is 4.72. The number of hydrogen-bond donors (Lipinski definition) is 2. The highest BCUT2D eigenvalue weighted by molar-refractivity contribution is 6.07. The molecular weight excluding hydrogens is 550 g/mol. The molecule has 0 spiro atoms. The number of benzene rings is 2. The number of aromatic nitrogens is 2. The van der Waals surface area contributed by atoms with Crippen LogP contribution in [0, 0.1) is 24.7 Å². The first kappa shape index (κ1) is 27.8. The summed E-state index contributed by atoms with van der Waals surface area (Å²) in [6, 6.07) is 14.4. The Hall–Kier alpha value is -3.69. The summed E-state index contributed by atoms with van der Waals surface area (Å²) in [5.41, 5.74) is 5.44. The lowest BCUT2D eigenvalue weighted by molar-refractivity contribution is -0.000910. The number of aliphatic hydroxyl groups excluding tert-OH is 1. The fourth-order valence-electron chi connectivity index (χ4n) is 9.34. The van der Waals surface area contributed by atoms with Gasteiger partial charge in [0.2, 0.25) is 5.95 Å².